The molecule has 1 aliphatic heterocycles. The van der Waals surface area contributed by atoms with Gasteiger partial charge in [-0.1, -0.05) is 18.2 Å². The Hall–Kier alpha value is -3.49. The number of fused-ring (bicyclic) bond motifs is 1. The van der Waals surface area contributed by atoms with Crippen LogP contribution in [0, 0.1) is 6.92 Å². The van der Waals surface area contributed by atoms with Gasteiger partial charge in [0.1, 0.15) is 5.75 Å². The number of benzene rings is 2. The molecule has 1 aliphatic rings. The van der Waals surface area contributed by atoms with Crippen molar-refractivity contribution in [3.8, 4) is 16.9 Å². The first kappa shape index (κ1) is 22.3. The number of methoxy groups -OCH3 is 1. The zero-order valence-electron chi connectivity index (χ0n) is 19.2. The summed E-state index contributed by atoms with van der Waals surface area (Å²) in [6, 6.07) is 13.8. The smallest absolute Gasteiger partial charge is 0.251 e. The van der Waals surface area contributed by atoms with Crippen molar-refractivity contribution in [1.82, 2.24) is 20.6 Å². The lowest BCUT2D eigenvalue weighted by Gasteiger charge is -2.23. The van der Waals surface area contributed by atoms with Crippen LogP contribution in [0.2, 0.25) is 0 Å². The van der Waals surface area contributed by atoms with Crippen LogP contribution in [0.5, 0.6) is 5.75 Å². The van der Waals surface area contributed by atoms with E-state index in [-0.39, 0.29) is 11.9 Å². The van der Waals surface area contributed by atoms with Gasteiger partial charge in [-0.25, -0.2) is 9.97 Å². The highest BCUT2D eigenvalue weighted by atomic mass is 32.1. The molecule has 0 bridgehead atoms. The van der Waals surface area contributed by atoms with E-state index in [2.05, 4.69) is 26.3 Å². The van der Waals surface area contributed by atoms with E-state index >= 15 is 0 Å². The van der Waals surface area contributed by atoms with E-state index in [0.29, 0.717) is 11.5 Å². The lowest BCUT2D eigenvalue weighted by atomic mass is 10.0. The number of aromatic nitrogens is 2. The Kier molecular flexibility index (Phi) is 6.42. The van der Waals surface area contributed by atoms with Gasteiger partial charge >= 0.3 is 0 Å². The van der Waals surface area contributed by atoms with Crippen LogP contribution < -0.4 is 20.7 Å². The predicted octanol–water partition coefficient (Wildman–Crippen LogP) is 4.90. The summed E-state index contributed by atoms with van der Waals surface area (Å²) >= 11 is 1.61. The first-order chi connectivity index (χ1) is 16.6. The summed E-state index contributed by atoms with van der Waals surface area (Å²) in [6.45, 7) is 3.87. The Morgan fingerprint density at radius 2 is 1.97 bits per heavy atom. The normalized spacial score (nSPS) is 14.2. The van der Waals surface area contributed by atoms with Crippen LogP contribution in [0.15, 0.2) is 54.0 Å². The largest absolute Gasteiger partial charge is 0.496 e. The fourth-order valence-electron chi connectivity index (χ4n) is 4.25. The number of rotatable bonds is 6. The SMILES string of the molecule is COc1ccccc1-c1csc2cnc(Nc3ccc(C(=O)NC4CCNCC4)cc3C)nc12. The topological polar surface area (TPSA) is 88.2 Å². The van der Waals surface area contributed by atoms with Crippen LogP contribution >= 0.6 is 11.3 Å². The van der Waals surface area contributed by atoms with Gasteiger partial charge in [0.25, 0.3) is 5.91 Å². The highest BCUT2D eigenvalue weighted by Crippen LogP contribution is 2.37. The maximum absolute atomic E-state index is 12.7. The quantitative estimate of drug-likeness (QED) is 0.369. The molecule has 34 heavy (non-hydrogen) atoms. The lowest BCUT2D eigenvalue weighted by Crippen LogP contribution is -2.42. The van der Waals surface area contributed by atoms with Crippen LogP contribution in [0.4, 0.5) is 11.6 Å². The van der Waals surface area contributed by atoms with Gasteiger partial charge in [0.15, 0.2) is 0 Å². The molecule has 0 atom stereocenters. The molecule has 3 N–H and O–H groups in total. The van der Waals surface area contributed by atoms with Gasteiger partial charge in [-0.3, -0.25) is 4.79 Å². The number of piperidine rings is 1. The second-order valence-electron chi connectivity index (χ2n) is 8.41. The number of ether oxygens (including phenoxy) is 1. The van der Waals surface area contributed by atoms with Crippen molar-refractivity contribution in [2.45, 2.75) is 25.8 Å². The highest BCUT2D eigenvalue weighted by Gasteiger charge is 2.17. The van der Waals surface area contributed by atoms with Crippen molar-refractivity contribution in [2.24, 2.45) is 0 Å². The fourth-order valence-corrected chi connectivity index (χ4v) is 5.11. The Bertz CT molecular complexity index is 1330. The van der Waals surface area contributed by atoms with Gasteiger partial charge in [-0.15, -0.1) is 11.3 Å². The van der Waals surface area contributed by atoms with Gasteiger partial charge in [-0.2, -0.15) is 0 Å². The summed E-state index contributed by atoms with van der Waals surface area (Å²) in [5.41, 5.74) is 5.38. The summed E-state index contributed by atoms with van der Waals surface area (Å²) in [5, 5.41) is 11.9. The van der Waals surface area contributed by atoms with E-state index in [4.69, 9.17) is 9.72 Å². The number of nitrogens with one attached hydrogen (secondary N) is 3. The molecule has 7 nitrogen and oxygen atoms in total. The molecule has 2 aromatic heterocycles. The number of anilines is 2. The average Bonchev–Trinajstić information content (AvgIpc) is 3.29. The van der Waals surface area contributed by atoms with Crippen LogP contribution in [0.3, 0.4) is 0 Å². The second kappa shape index (κ2) is 9.79. The van der Waals surface area contributed by atoms with E-state index in [1.807, 2.05) is 55.6 Å². The molecule has 1 saturated heterocycles. The molecule has 2 aromatic carbocycles. The Balaban J connectivity index is 1.37. The molecule has 3 heterocycles. The third kappa shape index (κ3) is 4.60. The number of carbonyl (C=O) groups excluding carboxylic acids is 1. The second-order valence-corrected chi connectivity index (χ2v) is 9.32. The highest BCUT2D eigenvalue weighted by molar-refractivity contribution is 7.17. The van der Waals surface area contributed by atoms with Crippen LogP contribution in [-0.4, -0.2) is 42.1 Å². The summed E-state index contributed by atoms with van der Waals surface area (Å²) in [7, 11) is 1.68. The van der Waals surface area contributed by atoms with Gasteiger partial charge in [0.2, 0.25) is 5.95 Å². The molecule has 4 aromatic rings. The summed E-state index contributed by atoms with van der Waals surface area (Å²) in [4.78, 5) is 22.0. The van der Waals surface area contributed by atoms with Gasteiger partial charge in [0, 0.05) is 33.8 Å². The van der Waals surface area contributed by atoms with Crippen molar-refractivity contribution in [3.63, 3.8) is 0 Å². The van der Waals surface area contributed by atoms with Crippen LogP contribution in [-0.2, 0) is 0 Å². The number of carbonyl (C=O) groups is 1. The van der Waals surface area contributed by atoms with Gasteiger partial charge in [-0.05, 0) is 62.7 Å². The minimum absolute atomic E-state index is 0.0288. The van der Waals surface area contributed by atoms with Gasteiger partial charge < -0.3 is 20.7 Å². The summed E-state index contributed by atoms with van der Waals surface area (Å²) in [6.07, 6.45) is 3.76. The molecule has 0 spiro atoms. The number of thiophene rings is 1. The molecule has 5 rings (SSSR count). The standard InChI is InChI=1S/C26H27N5O2S/c1-16-13-17(25(32)29-18-9-11-27-12-10-18)7-8-21(16)30-26-28-14-23-24(31-26)20(15-34-23)19-5-3-4-6-22(19)33-2/h3-8,13-15,18,27H,9-12H2,1-2H3,(H,29,32)(H,28,30,31). The Morgan fingerprint density at radius 1 is 1.15 bits per heavy atom. The maximum atomic E-state index is 12.7. The summed E-state index contributed by atoms with van der Waals surface area (Å²) in [5.74, 6) is 1.29. The lowest BCUT2D eigenvalue weighted by molar-refractivity contribution is 0.0929. The number of hydrogen-bond donors (Lipinski definition) is 3. The Morgan fingerprint density at radius 3 is 2.76 bits per heavy atom. The number of hydrogen-bond acceptors (Lipinski definition) is 7. The third-order valence-electron chi connectivity index (χ3n) is 6.12. The molecule has 0 saturated carbocycles. The van der Waals surface area contributed by atoms with Crippen molar-refractivity contribution < 1.29 is 9.53 Å². The molecule has 1 fully saturated rings. The van der Waals surface area contributed by atoms with Crippen molar-refractivity contribution in [1.29, 1.82) is 0 Å². The van der Waals surface area contributed by atoms with E-state index in [9.17, 15) is 4.79 Å². The minimum Gasteiger partial charge on any atom is -0.496 e. The maximum Gasteiger partial charge on any atom is 0.251 e. The van der Waals surface area contributed by atoms with Gasteiger partial charge in [0.05, 0.1) is 23.5 Å². The number of aryl methyl sites for hydroxylation is 1. The average molecular weight is 474 g/mol. The fraction of sp³-hybridized carbons (Fsp3) is 0.269. The molecule has 8 heteroatoms. The monoisotopic (exact) mass is 473 g/mol. The van der Waals surface area contributed by atoms with E-state index in [1.54, 1.807) is 18.4 Å². The third-order valence-corrected chi connectivity index (χ3v) is 7.03. The van der Waals surface area contributed by atoms with Crippen molar-refractivity contribution in [3.05, 3.63) is 65.2 Å². The Labute approximate surface area is 202 Å². The zero-order chi connectivity index (χ0) is 23.5. The molecular weight excluding hydrogens is 446 g/mol. The van der Waals surface area contributed by atoms with Crippen molar-refractivity contribution >= 4 is 39.1 Å². The van der Waals surface area contributed by atoms with E-state index in [0.717, 1.165) is 64.3 Å². The predicted molar refractivity (Wildman–Crippen MR) is 137 cm³/mol. The summed E-state index contributed by atoms with van der Waals surface area (Å²) < 4.78 is 6.56. The molecule has 1 amide bonds. The number of nitrogens with zero attached hydrogens (tertiary/aromatic N) is 2. The minimum atomic E-state index is -0.0288. The van der Waals surface area contributed by atoms with Crippen LogP contribution in [0.25, 0.3) is 21.3 Å². The molecule has 0 radical (unpaired) electrons. The molecule has 0 aliphatic carbocycles. The molecular formula is C26H27N5O2S. The zero-order valence-corrected chi connectivity index (χ0v) is 20.0. The van der Waals surface area contributed by atoms with Crippen molar-refractivity contribution in [2.75, 3.05) is 25.5 Å². The number of amides is 1. The molecule has 174 valence electrons. The first-order valence-electron chi connectivity index (χ1n) is 11.4. The first-order valence-corrected chi connectivity index (χ1v) is 12.3. The van der Waals surface area contributed by atoms with E-state index < -0.39 is 0 Å². The molecule has 0 unspecified atom stereocenters. The van der Waals surface area contributed by atoms with E-state index in [1.165, 1.54) is 0 Å². The van der Waals surface area contributed by atoms with Crippen LogP contribution in [0.1, 0.15) is 28.8 Å². The number of para-hydroxylation sites is 1.